The highest BCUT2D eigenvalue weighted by Crippen LogP contribution is 2.28. The number of nitrogens with zero attached hydrogens (tertiary/aromatic N) is 12. The number of nitrogens with one attached hydrogen (secondary N) is 2. The molecule has 0 radical (unpaired) electrons. The van der Waals surface area contributed by atoms with Crippen LogP contribution in [0.2, 0.25) is 0 Å². The van der Waals surface area contributed by atoms with Crippen molar-refractivity contribution in [3.05, 3.63) is 92.0 Å². The maximum atomic E-state index is 12.8. The summed E-state index contributed by atoms with van der Waals surface area (Å²) in [6, 6.07) is 11.7. The number of hydrogen-bond donors (Lipinski definition) is 2. The highest BCUT2D eigenvalue weighted by molar-refractivity contribution is 5.77. The number of carbonyl (C=O) groups is 2. The van der Waals surface area contributed by atoms with Gasteiger partial charge in [0.2, 0.25) is 11.8 Å². The van der Waals surface area contributed by atoms with Crippen LogP contribution in [0, 0.1) is 36.5 Å². The maximum Gasteiger partial charge on any atom is 0.269 e. The zero-order chi connectivity index (χ0) is 48.2. The lowest BCUT2D eigenvalue weighted by Crippen LogP contribution is -2.49. The number of aromatic nitrogens is 6. The number of piperazine rings is 2. The van der Waals surface area contributed by atoms with E-state index in [1.807, 2.05) is 49.6 Å². The summed E-state index contributed by atoms with van der Waals surface area (Å²) in [5.74, 6) is 1.85. The van der Waals surface area contributed by atoms with E-state index in [0.29, 0.717) is 101 Å². The van der Waals surface area contributed by atoms with Gasteiger partial charge >= 0.3 is 0 Å². The number of aromatic amines is 2. The van der Waals surface area contributed by atoms with E-state index in [2.05, 4.69) is 62.1 Å². The molecule has 2 N–H and O–H groups in total. The average molecular weight is 931 g/mol. The number of H-pyrrole nitrogens is 2. The number of carbonyl (C=O) groups excluding carboxylic acids is 2. The van der Waals surface area contributed by atoms with Crippen LogP contribution in [0.3, 0.4) is 0 Å². The first-order valence-corrected chi connectivity index (χ1v) is 23.5. The third kappa shape index (κ3) is 12.3. The highest BCUT2D eigenvalue weighted by Gasteiger charge is 2.31. The summed E-state index contributed by atoms with van der Waals surface area (Å²) < 4.78 is 12.2. The quantitative estimate of drug-likeness (QED) is 0.185. The molecule has 8 rings (SSSR count). The van der Waals surface area contributed by atoms with Gasteiger partial charge in [-0.3, -0.25) is 19.2 Å². The van der Waals surface area contributed by atoms with E-state index in [1.165, 1.54) is 0 Å². The van der Waals surface area contributed by atoms with E-state index in [-0.39, 0.29) is 47.2 Å². The Morgan fingerprint density at radius 3 is 1.38 bits per heavy atom. The number of hydrogen-bond acceptors (Lipinski definition) is 16. The molecule has 0 bridgehead atoms. The number of amides is 2. The van der Waals surface area contributed by atoms with E-state index in [9.17, 15) is 19.2 Å². The van der Waals surface area contributed by atoms with Gasteiger partial charge in [0.25, 0.3) is 11.1 Å². The molecular weight excluding hydrogens is 869 g/mol. The van der Waals surface area contributed by atoms with E-state index in [4.69, 9.17) is 20.0 Å². The maximum absolute atomic E-state index is 12.8. The van der Waals surface area contributed by atoms with Crippen LogP contribution >= 0.6 is 0 Å². The minimum atomic E-state index is -0.188. The zero-order valence-corrected chi connectivity index (χ0v) is 39.5. The van der Waals surface area contributed by atoms with Gasteiger partial charge in [-0.25, -0.2) is 20.2 Å². The largest absolute Gasteiger partial charge is 0.376 e. The Hall–Kier alpha value is -6.90. The molecule has 20 nitrogen and oxygen atoms in total. The van der Waals surface area contributed by atoms with Crippen LogP contribution in [0.15, 0.2) is 58.6 Å². The number of nitriles is 2. The number of anilines is 4. The molecule has 0 spiro atoms. The van der Waals surface area contributed by atoms with Crippen molar-refractivity contribution in [1.82, 2.24) is 40.2 Å². The first-order chi connectivity index (χ1) is 32.9. The molecule has 4 aliphatic heterocycles. The molecule has 4 fully saturated rings. The Labute approximate surface area is 396 Å². The summed E-state index contributed by atoms with van der Waals surface area (Å²) >= 11 is 0. The normalized spacial score (nSPS) is 19.2. The monoisotopic (exact) mass is 930 g/mol. The number of ether oxygens (including phenoxy) is 2. The van der Waals surface area contributed by atoms with Gasteiger partial charge in [-0.1, -0.05) is 0 Å². The van der Waals surface area contributed by atoms with Gasteiger partial charge in [0, 0.05) is 89.0 Å². The fraction of sp³-hybridized carbons (Fsp3) is 0.542. The second-order valence-corrected chi connectivity index (χ2v) is 17.9. The van der Waals surface area contributed by atoms with E-state index in [0.717, 1.165) is 61.8 Å². The Morgan fingerprint density at radius 2 is 1.03 bits per heavy atom. The van der Waals surface area contributed by atoms with Gasteiger partial charge in [0.05, 0.1) is 85.2 Å². The van der Waals surface area contributed by atoms with Crippen molar-refractivity contribution >= 4 is 34.8 Å². The molecule has 0 unspecified atom stereocenters. The highest BCUT2D eigenvalue weighted by atomic mass is 16.5. The molecule has 0 aromatic carbocycles. The average Bonchev–Trinajstić information content (AvgIpc) is 4.05. The van der Waals surface area contributed by atoms with Crippen LogP contribution in [0.1, 0.15) is 74.6 Å². The lowest BCUT2D eigenvalue weighted by Gasteiger charge is -2.36. The van der Waals surface area contributed by atoms with Crippen molar-refractivity contribution in [1.29, 1.82) is 10.5 Å². The first-order valence-electron chi connectivity index (χ1n) is 23.5. The van der Waals surface area contributed by atoms with Gasteiger partial charge in [0.1, 0.15) is 23.8 Å². The standard InChI is InChI=1S/2C24H31N7O3/c2*1-17(34-16-20-4-3-7-31(20)21-15-27-28-24(33)18(21)2)12-23(32)30-10-8-29(9-11-30)22-6-5-19(13-25)14-26-22/h2*5-6,14-15,17,20H,3-4,7-12,16H2,1-2H3,(H,28,33)/t17-,20+;17-,20-/m10/s1. The van der Waals surface area contributed by atoms with Gasteiger partial charge in [-0.15, -0.1) is 0 Å². The molecular formula is C48H62N14O6. The van der Waals surface area contributed by atoms with Gasteiger partial charge in [-0.05, 0) is 77.6 Å². The predicted octanol–water partition coefficient (Wildman–Crippen LogP) is 2.92. The smallest absolute Gasteiger partial charge is 0.269 e. The third-order valence-electron chi connectivity index (χ3n) is 13.3. The summed E-state index contributed by atoms with van der Waals surface area (Å²) in [5, 5.41) is 30.7. The molecule has 0 aliphatic carbocycles. The molecule has 360 valence electrons. The minimum absolute atomic E-state index is 0.0952. The lowest BCUT2D eigenvalue weighted by atomic mass is 10.2. The van der Waals surface area contributed by atoms with Crippen molar-refractivity contribution in [3.8, 4) is 12.1 Å². The van der Waals surface area contributed by atoms with E-state index in [1.54, 1.807) is 36.9 Å². The van der Waals surface area contributed by atoms with Gasteiger partial charge in [0.15, 0.2) is 0 Å². The summed E-state index contributed by atoms with van der Waals surface area (Å²) in [7, 11) is 0. The van der Waals surface area contributed by atoms with Crippen molar-refractivity contribution in [2.75, 3.05) is 98.3 Å². The molecule has 4 aliphatic rings. The van der Waals surface area contributed by atoms with Crippen LogP contribution in [-0.2, 0) is 19.1 Å². The molecule has 4 atom stereocenters. The summed E-state index contributed by atoms with van der Waals surface area (Å²) in [5.41, 5.74) is 3.78. The fourth-order valence-corrected chi connectivity index (χ4v) is 9.20. The fourth-order valence-electron chi connectivity index (χ4n) is 9.20. The van der Waals surface area contributed by atoms with Crippen LogP contribution in [0.25, 0.3) is 0 Å². The zero-order valence-electron chi connectivity index (χ0n) is 39.5. The van der Waals surface area contributed by atoms with Crippen LogP contribution < -0.4 is 30.7 Å². The van der Waals surface area contributed by atoms with Crippen LogP contribution in [0.4, 0.5) is 23.0 Å². The number of rotatable bonds is 14. The lowest BCUT2D eigenvalue weighted by molar-refractivity contribution is -0.135. The SMILES string of the molecule is Cc1c(N2CCC[C@H]2CO[C@@H](C)CC(=O)N2CCN(c3ccc(C#N)cn3)CC2)cn[nH]c1=O.Cc1c(N2CCC[C@H]2CO[C@H](C)CC(=O)N2CCN(c3ccc(C#N)cn3)CC2)cn[nH]c1=O. The Balaban J connectivity index is 0.000000201. The van der Waals surface area contributed by atoms with Crippen LogP contribution in [-0.4, -0.2) is 155 Å². The minimum Gasteiger partial charge on any atom is -0.376 e. The molecule has 8 heterocycles. The topological polar surface area (TPSA) is 237 Å². The molecule has 4 saturated heterocycles. The second-order valence-electron chi connectivity index (χ2n) is 17.9. The molecule has 0 saturated carbocycles. The molecule has 68 heavy (non-hydrogen) atoms. The van der Waals surface area contributed by atoms with Crippen LogP contribution in [0.5, 0.6) is 0 Å². The Morgan fingerprint density at radius 1 is 0.632 bits per heavy atom. The Kier molecular flexibility index (Phi) is 16.7. The predicted molar refractivity (Wildman–Crippen MR) is 255 cm³/mol. The van der Waals surface area contributed by atoms with Crippen molar-refractivity contribution in [3.63, 3.8) is 0 Å². The van der Waals surface area contributed by atoms with Crippen molar-refractivity contribution in [2.45, 2.75) is 90.5 Å². The molecule has 20 heteroatoms. The summed E-state index contributed by atoms with van der Waals surface area (Å²) in [6.07, 6.45) is 10.9. The third-order valence-corrected chi connectivity index (χ3v) is 13.3. The summed E-state index contributed by atoms with van der Waals surface area (Å²) in [4.78, 5) is 70.6. The first kappa shape index (κ1) is 49.0. The molecule has 4 aromatic heterocycles. The Bertz CT molecular complexity index is 2350. The second kappa shape index (κ2) is 23.2. The number of pyridine rings is 2. The van der Waals surface area contributed by atoms with Gasteiger partial charge < -0.3 is 38.9 Å². The molecule has 2 amide bonds. The summed E-state index contributed by atoms with van der Waals surface area (Å²) in [6.45, 7) is 15.6. The van der Waals surface area contributed by atoms with Gasteiger partial charge in [-0.2, -0.15) is 20.7 Å². The molecule has 4 aromatic rings. The van der Waals surface area contributed by atoms with Crippen molar-refractivity contribution < 1.29 is 19.1 Å². The van der Waals surface area contributed by atoms with E-state index < -0.39 is 0 Å². The van der Waals surface area contributed by atoms with Crippen molar-refractivity contribution in [2.24, 2.45) is 0 Å². The van der Waals surface area contributed by atoms with E-state index >= 15 is 0 Å².